The van der Waals surface area contributed by atoms with Gasteiger partial charge in [0, 0.05) is 5.69 Å². The number of nitrogens with one attached hydrogen (secondary N) is 1. The van der Waals surface area contributed by atoms with E-state index in [1.54, 1.807) is 0 Å². The van der Waals surface area contributed by atoms with E-state index in [0.29, 0.717) is 16.9 Å². The molecule has 0 atom stereocenters. The van der Waals surface area contributed by atoms with Gasteiger partial charge in [0.05, 0.1) is 11.7 Å². The summed E-state index contributed by atoms with van der Waals surface area (Å²) in [5, 5.41) is 3.63. The Morgan fingerprint density at radius 3 is 2.62 bits per heavy atom. The quantitative estimate of drug-likeness (QED) is 0.897. The SMILES string of the molecule is CC(C)c1ccccc1Nc1nsnc1Cl. The number of anilines is 2. The molecule has 0 saturated carbocycles. The summed E-state index contributed by atoms with van der Waals surface area (Å²) < 4.78 is 8.02. The van der Waals surface area contributed by atoms with E-state index in [1.165, 1.54) is 5.56 Å². The number of hydrogen-bond acceptors (Lipinski definition) is 4. The third-order valence-electron chi connectivity index (χ3n) is 2.28. The van der Waals surface area contributed by atoms with Crippen LogP contribution in [0.25, 0.3) is 0 Å². The van der Waals surface area contributed by atoms with E-state index in [2.05, 4.69) is 34.0 Å². The Kier molecular flexibility index (Phi) is 3.41. The number of rotatable bonds is 3. The molecule has 0 saturated heterocycles. The van der Waals surface area contributed by atoms with E-state index in [1.807, 2.05) is 18.2 Å². The van der Waals surface area contributed by atoms with Crippen molar-refractivity contribution in [2.45, 2.75) is 19.8 Å². The highest BCUT2D eigenvalue weighted by Crippen LogP contribution is 2.28. The molecule has 84 valence electrons. The van der Waals surface area contributed by atoms with Gasteiger partial charge < -0.3 is 5.32 Å². The zero-order valence-corrected chi connectivity index (χ0v) is 10.6. The Balaban J connectivity index is 2.31. The van der Waals surface area contributed by atoms with Crippen molar-refractivity contribution >= 4 is 34.8 Å². The van der Waals surface area contributed by atoms with Gasteiger partial charge in [0.25, 0.3) is 0 Å². The van der Waals surface area contributed by atoms with Crippen molar-refractivity contribution in [3.8, 4) is 0 Å². The third kappa shape index (κ3) is 2.33. The van der Waals surface area contributed by atoms with E-state index in [4.69, 9.17) is 11.6 Å². The van der Waals surface area contributed by atoms with E-state index >= 15 is 0 Å². The maximum absolute atomic E-state index is 5.90. The molecular formula is C11H12ClN3S. The van der Waals surface area contributed by atoms with E-state index in [-0.39, 0.29) is 0 Å². The molecule has 3 nitrogen and oxygen atoms in total. The largest absolute Gasteiger partial charge is 0.337 e. The smallest absolute Gasteiger partial charge is 0.187 e. The van der Waals surface area contributed by atoms with Crippen LogP contribution >= 0.6 is 23.3 Å². The molecule has 0 aliphatic carbocycles. The fourth-order valence-electron chi connectivity index (χ4n) is 1.49. The summed E-state index contributed by atoms with van der Waals surface area (Å²) >= 11 is 7.00. The van der Waals surface area contributed by atoms with Crippen LogP contribution in [0.15, 0.2) is 24.3 Å². The molecule has 16 heavy (non-hydrogen) atoms. The number of nitrogens with zero attached hydrogens (tertiary/aromatic N) is 2. The van der Waals surface area contributed by atoms with Crippen molar-refractivity contribution < 1.29 is 0 Å². The molecule has 0 unspecified atom stereocenters. The Bertz CT molecular complexity index is 482. The van der Waals surface area contributed by atoms with Crippen molar-refractivity contribution in [2.24, 2.45) is 0 Å². The van der Waals surface area contributed by atoms with Gasteiger partial charge in [0.2, 0.25) is 0 Å². The Morgan fingerprint density at radius 2 is 2.00 bits per heavy atom. The summed E-state index contributed by atoms with van der Waals surface area (Å²) in [5.74, 6) is 1.08. The topological polar surface area (TPSA) is 37.8 Å². The van der Waals surface area contributed by atoms with Crippen LogP contribution in [0.2, 0.25) is 5.15 Å². The van der Waals surface area contributed by atoms with Crippen molar-refractivity contribution in [1.29, 1.82) is 0 Å². The second kappa shape index (κ2) is 4.80. The number of benzene rings is 1. The van der Waals surface area contributed by atoms with Crippen LogP contribution in [-0.2, 0) is 0 Å². The van der Waals surface area contributed by atoms with Crippen LogP contribution in [0.3, 0.4) is 0 Å². The zero-order chi connectivity index (χ0) is 11.5. The first-order valence-electron chi connectivity index (χ1n) is 5.02. The highest BCUT2D eigenvalue weighted by Gasteiger charge is 2.09. The molecule has 2 aromatic rings. The van der Waals surface area contributed by atoms with Gasteiger partial charge in [0.15, 0.2) is 11.0 Å². The lowest BCUT2D eigenvalue weighted by atomic mass is 10.0. The van der Waals surface area contributed by atoms with Crippen LogP contribution in [-0.4, -0.2) is 8.75 Å². The lowest BCUT2D eigenvalue weighted by molar-refractivity contribution is 0.869. The van der Waals surface area contributed by atoms with Crippen molar-refractivity contribution in [3.05, 3.63) is 35.0 Å². The first-order valence-corrected chi connectivity index (χ1v) is 6.13. The third-order valence-corrected chi connectivity index (χ3v) is 3.18. The molecule has 1 aromatic heterocycles. The standard InChI is InChI=1S/C11H12ClN3S/c1-7(2)8-5-3-4-6-9(8)13-11-10(12)14-16-15-11/h3-7H,1-2H3,(H,13,15). The fourth-order valence-corrected chi connectivity index (χ4v) is 2.14. The minimum Gasteiger partial charge on any atom is -0.337 e. The normalized spacial score (nSPS) is 10.8. The van der Waals surface area contributed by atoms with E-state index < -0.39 is 0 Å². The first-order chi connectivity index (χ1) is 7.68. The van der Waals surface area contributed by atoms with Crippen LogP contribution in [0.4, 0.5) is 11.5 Å². The van der Waals surface area contributed by atoms with Gasteiger partial charge in [-0.25, -0.2) is 0 Å². The number of para-hydroxylation sites is 1. The molecule has 0 amide bonds. The maximum atomic E-state index is 5.90. The monoisotopic (exact) mass is 253 g/mol. The lowest BCUT2D eigenvalue weighted by Crippen LogP contribution is -1.97. The molecule has 0 spiro atoms. The molecule has 2 rings (SSSR count). The second-order valence-corrected chi connectivity index (χ2v) is 4.66. The van der Waals surface area contributed by atoms with E-state index in [9.17, 15) is 0 Å². The Labute approximate surface area is 104 Å². The number of halogens is 1. The lowest BCUT2D eigenvalue weighted by Gasteiger charge is -2.12. The van der Waals surface area contributed by atoms with Crippen molar-refractivity contribution in [2.75, 3.05) is 5.32 Å². The molecule has 5 heteroatoms. The minimum atomic E-state index is 0.420. The highest BCUT2D eigenvalue weighted by atomic mass is 35.5. The predicted octanol–water partition coefficient (Wildman–Crippen LogP) is 4.06. The Hall–Kier alpha value is -1.13. The van der Waals surface area contributed by atoms with Crippen LogP contribution < -0.4 is 5.32 Å². The first kappa shape index (κ1) is 11.4. The van der Waals surface area contributed by atoms with Gasteiger partial charge in [-0.15, -0.1) is 0 Å². The molecule has 1 N–H and O–H groups in total. The summed E-state index contributed by atoms with van der Waals surface area (Å²) in [7, 11) is 0. The molecular weight excluding hydrogens is 242 g/mol. The zero-order valence-electron chi connectivity index (χ0n) is 9.07. The molecule has 1 heterocycles. The molecule has 0 fully saturated rings. The molecule has 0 radical (unpaired) electrons. The fraction of sp³-hybridized carbons (Fsp3) is 0.273. The summed E-state index contributed by atoms with van der Waals surface area (Å²) in [5.41, 5.74) is 2.28. The number of hydrogen-bond donors (Lipinski definition) is 1. The van der Waals surface area contributed by atoms with Crippen molar-refractivity contribution in [1.82, 2.24) is 8.75 Å². The molecule has 0 bridgehead atoms. The van der Waals surface area contributed by atoms with Gasteiger partial charge in [-0.3, -0.25) is 0 Å². The average Bonchev–Trinajstić information content (AvgIpc) is 2.65. The predicted molar refractivity (Wildman–Crippen MR) is 68.7 cm³/mol. The summed E-state index contributed by atoms with van der Waals surface area (Å²) in [6.07, 6.45) is 0. The van der Waals surface area contributed by atoms with Crippen molar-refractivity contribution in [3.63, 3.8) is 0 Å². The average molecular weight is 254 g/mol. The second-order valence-electron chi connectivity index (χ2n) is 3.77. The maximum Gasteiger partial charge on any atom is 0.187 e. The van der Waals surface area contributed by atoms with Gasteiger partial charge in [-0.05, 0) is 17.5 Å². The molecule has 0 aliphatic heterocycles. The molecule has 0 aliphatic rings. The van der Waals surface area contributed by atoms with Crippen LogP contribution in [0, 0.1) is 0 Å². The Morgan fingerprint density at radius 1 is 1.25 bits per heavy atom. The summed E-state index contributed by atoms with van der Waals surface area (Å²) in [6, 6.07) is 8.13. The molecule has 1 aromatic carbocycles. The summed E-state index contributed by atoms with van der Waals surface area (Å²) in [4.78, 5) is 0. The van der Waals surface area contributed by atoms with Crippen LogP contribution in [0.1, 0.15) is 25.3 Å². The van der Waals surface area contributed by atoms with Crippen LogP contribution in [0.5, 0.6) is 0 Å². The minimum absolute atomic E-state index is 0.420. The van der Waals surface area contributed by atoms with Gasteiger partial charge in [0.1, 0.15) is 0 Å². The number of aromatic nitrogens is 2. The summed E-state index contributed by atoms with van der Waals surface area (Å²) in [6.45, 7) is 4.31. The van der Waals surface area contributed by atoms with Gasteiger partial charge >= 0.3 is 0 Å². The van der Waals surface area contributed by atoms with E-state index in [0.717, 1.165) is 17.4 Å². The van der Waals surface area contributed by atoms with Gasteiger partial charge in [-0.1, -0.05) is 43.6 Å². The highest BCUT2D eigenvalue weighted by molar-refractivity contribution is 6.99. The van der Waals surface area contributed by atoms with Gasteiger partial charge in [-0.2, -0.15) is 8.75 Å².